The Hall–Kier alpha value is -1.26. The third-order valence-electron chi connectivity index (χ3n) is 2.56. The number of hydrogen-bond donors (Lipinski definition) is 2. The summed E-state index contributed by atoms with van der Waals surface area (Å²) in [4.78, 5) is 13.7. The van der Waals surface area contributed by atoms with Gasteiger partial charge >= 0.3 is 0 Å². The molecule has 0 aliphatic carbocycles. The zero-order chi connectivity index (χ0) is 13.5. The second kappa shape index (κ2) is 7.24. The molecule has 0 heterocycles. The minimum Gasteiger partial charge on any atom is -0.395 e. The van der Waals surface area contributed by atoms with Crippen molar-refractivity contribution in [2.45, 2.75) is 13.3 Å². The van der Waals surface area contributed by atoms with Gasteiger partial charge in [-0.15, -0.1) is 0 Å². The Morgan fingerprint density at radius 1 is 1.50 bits per heavy atom. The van der Waals surface area contributed by atoms with Crippen molar-refractivity contribution in [2.75, 3.05) is 32.1 Å². The Morgan fingerprint density at radius 3 is 2.83 bits per heavy atom. The lowest BCUT2D eigenvalue weighted by atomic mass is 10.1. The van der Waals surface area contributed by atoms with E-state index in [1.54, 1.807) is 25.2 Å². The number of halogens is 1. The standard InChI is InChI=1S/C13H19ClN2O2/c1-3-6-15-12-5-4-10(14)9-11(12)13(18)16(2)7-8-17/h4-5,9,15,17H,3,6-8H2,1-2H3. The van der Waals surface area contributed by atoms with E-state index in [-0.39, 0.29) is 12.5 Å². The van der Waals surface area contributed by atoms with Gasteiger partial charge in [-0.05, 0) is 24.6 Å². The van der Waals surface area contributed by atoms with E-state index in [1.807, 2.05) is 0 Å². The maximum Gasteiger partial charge on any atom is 0.255 e. The fourth-order valence-electron chi connectivity index (χ4n) is 1.56. The fraction of sp³-hybridized carbons (Fsp3) is 0.462. The predicted molar refractivity (Wildman–Crippen MR) is 74.3 cm³/mol. The maximum absolute atomic E-state index is 12.2. The highest BCUT2D eigenvalue weighted by Gasteiger charge is 2.15. The first kappa shape index (κ1) is 14.8. The highest BCUT2D eigenvalue weighted by molar-refractivity contribution is 6.31. The first-order valence-corrected chi connectivity index (χ1v) is 6.37. The zero-order valence-corrected chi connectivity index (χ0v) is 11.5. The molecule has 1 aromatic carbocycles. The minimum absolute atomic E-state index is 0.0550. The van der Waals surface area contributed by atoms with Gasteiger partial charge in [-0.25, -0.2) is 0 Å². The number of nitrogens with zero attached hydrogens (tertiary/aromatic N) is 1. The quantitative estimate of drug-likeness (QED) is 0.833. The summed E-state index contributed by atoms with van der Waals surface area (Å²) in [6, 6.07) is 5.20. The summed E-state index contributed by atoms with van der Waals surface area (Å²) in [6.45, 7) is 3.10. The smallest absolute Gasteiger partial charge is 0.255 e. The molecule has 2 N–H and O–H groups in total. The van der Waals surface area contributed by atoms with Crippen LogP contribution in [0.3, 0.4) is 0 Å². The molecule has 0 unspecified atom stereocenters. The van der Waals surface area contributed by atoms with E-state index in [0.717, 1.165) is 18.7 Å². The van der Waals surface area contributed by atoms with Gasteiger partial charge in [-0.1, -0.05) is 18.5 Å². The Labute approximate surface area is 113 Å². The molecule has 5 heteroatoms. The van der Waals surface area contributed by atoms with E-state index in [4.69, 9.17) is 16.7 Å². The summed E-state index contributed by atoms with van der Waals surface area (Å²) in [5, 5.41) is 12.6. The Morgan fingerprint density at radius 2 is 2.22 bits per heavy atom. The molecule has 0 fully saturated rings. The van der Waals surface area contributed by atoms with Gasteiger partial charge < -0.3 is 15.3 Å². The molecule has 1 rings (SSSR count). The second-order valence-electron chi connectivity index (χ2n) is 4.07. The molecule has 0 spiro atoms. The molecule has 100 valence electrons. The molecule has 1 aromatic rings. The number of carbonyl (C=O) groups is 1. The van der Waals surface area contributed by atoms with Gasteiger partial charge in [0.05, 0.1) is 12.2 Å². The van der Waals surface area contributed by atoms with Crippen molar-refractivity contribution in [1.29, 1.82) is 0 Å². The van der Waals surface area contributed by atoms with Gasteiger partial charge in [0, 0.05) is 30.8 Å². The van der Waals surface area contributed by atoms with E-state index in [1.165, 1.54) is 4.90 Å². The van der Waals surface area contributed by atoms with Crippen LogP contribution in [0.1, 0.15) is 23.7 Å². The third-order valence-corrected chi connectivity index (χ3v) is 2.79. The van der Waals surface area contributed by atoms with Crippen molar-refractivity contribution < 1.29 is 9.90 Å². The number of aliphatic hydroxyl groups excluding tert-OH is 1. The monoisotopic (exact) mass is 270 g/mol. The van der Waals surface area contributed by atoms with E-state index < -0.39 is 0 Å². The van der Waals surface area contributed by atoms with E-state index in [9.17, 15) is 4.79 Å². The molecule has 18 heavy (non-hydrogen) atoms. The number of hydrogen-bond acceptors (Lipinski definition) is 3. The van der Waals surface area contributed by atoms with Gasteiger partial charge in [0.1, 0.15) is 0 Å². The van der Waals surface area contributed by atoms with Crippen molar-refractivity contribution in [1.82, 2.24) is 4.90 Å². The van der Waals surface area contributed by atoms with Crippen LogP contribution in [0.4, 0.5) is 5.69 Å². The number of amides is 1. The van der Waals surface area contributed by atoms with Crippen molar-refractivity contribution in [3.05, 3.63) is 28.8 Å². The minimum atomic E-state index is -0.148. The van der Waals surface area contributed by atoms with Crippen molar-refractivity contribution in [3.8, 4) is 0 Å². The zero-order valence-electron chi connectivity index (χ0n) is 10.7. The van der Waals surface area contributed by atoms with Crippen molar-refractivity contribution in [2.24, 2.45) is 0 Å². The second-order valence-corrected chi connectivity index (χ2v) is 4.50. The average molecular weight is 271 g/mol. The largest absolute Gasteiger partial charge is 0.395 e. The van der Waals surface area contributed by atoms with Gasteiger partial charge in [0.2, 0.25) is 0 Å². The highest BCUT2D eigenvalue weighted by Crippen LogP contribution is 2.22. The number of benzene rings is 1. The molecule has 0 aliphatic rings. The number of likely N-dealkylation sites (N-methyl/N-ethyl adjacent to an activating group) is 1. The summed E-state index contributed by atoms with van der Waals surface area (Å²) in [6.07, 6.45) is 0.975. The third kappa shape index (κ3) is 3.89. The van der Waals surface area contributed by atoms with Crippen LogP contribution in [-0.4, -0.2) is 42.7 Å². The SMILES string of the molecule is CCCNc1ccc(Cl)cc1C(=O)N(C)CCO. The number of carbonyl (C=O) groups excluding carboxylic acids is 1. The number of aliphatic hydroxyl groups is 1. The summed E-state index contributed by atoms with van der Waals surface area (Å²) in [7, 11) is 1.66. The summed E-state index contributed by atoms with van der Waals surface area (Å²) < 4.78 is 0. The summed E-state index contributed by atoms with van der Waals surface area (Å²) in [5.41, 5.74) is 1.31. The molecule has 0 atom stereocenters. The molecule has 4 nitrogen and oxygen atoms in total. The number of rotatable bonds is 6. The molecule has 0 bridgehead atoms. The Kier molecular flexibility index (Phi) is 5.95. The lowest BCUT2D eigenvalue weighted by Crippen LogP contribution is -2.30. The lowest BCUT2D eigenvalue weighted by molar-refractivity contribution is 0.0768. The molecular weight excluding hydrogens is 252 g/mol. The van der Waals surface area contributed by atoms with Gasteiger partial charge in [0.25, 0.3) is 5.91 Å². The van der Waals surface area contributed by atoms with Gasteiger partial charge in [-0.3, -0.25) is 4.79 Å². The van der Waals surface area contributed by atoms with Crippen LogP contribution in [0, 0.1) is 0 Å². The summed E-state index contributed by atoms with van der Waals surface area (Å²) in [5.74, 6) is -0.148. The molecule has 0 saturated heterocycles. The van der Waals surface area contributed by atoms with Crippen LogP contribution < -0.4 is 5.32 Å². The average Bonchev–Trinajstić information content (AvgIpc) is 2.36. The van der Waals surface area contributed by atoms with Gasteiger partial charge in [0.15, 0.2) is 0 Å². The molecule has 0 radical (unpaired) electrons. The summed E-state index contributed by atoms with van der Waals surface area (Å²) >= 11 is 5.93. The topological polar surface area (TPSA) is 52.6 Å². The molecule has 1 amide bonds. The number of anilines is 1. The highest BCUT2D eigenvalue weighted by atomic mass is 35.5. The van der Waals surface area contributed by atoms with Crippen LogP contribution in [0.2, 0.25) is 5.02 Å². The van der Waals surface area contributed by atoms with Gasteiger partial charge in [-0.2, -0.15) is 0 Å². The predicted octanol–water partition coefficient (Wildman–Crippen LogP) is 2.23. The molecular formula is C13H19ClN2O2. The van der Waals surface area contributed by atoms with Crippen LogP contribution in [0.5, 0.6) is 0 Å². The van der Waals surface area contributed by atoms with Crippen LogP contribution in [-0.2, 0) is 0 Å². The first-order valence-electron chi connectivity index (χ1n) is 6.00. The Balaban J connectivity index is 2.96. The molecule has 0 aromatic heterocycles. The Bertz CT molecular complexity index is 410. The van der Waals surface area contributed by atoms with E-state index in [2.05, 4.69) is 12.2 Å². The van der Waals surface area contributed by atoms with E-state index >= 15 is 0 Å². The van der Waals surface area contributed by atoms with Crippen LogP contribution >= 0.6 is 11.6 Å². The first-order chi connectivity index (χ1) is 8.60. The van der Waals surface area contributed by atoms with E-state index in [0.29, 0.717) is 17.1 Å². The maximum atomic E-state index is 12.2. The van der Waals surface area contributed by atoms with Crippen molar-refractivity contribution >= 4 is 23.2 Å². The van der Waals surface area contributed by atoms with Crippen molar-refractivity contribution in [3.63, 3.8) is 0 Å². The normalized spacial score (nSPS) is 10.2. The molecule has 0 aliphatic heterocycles. The fourth-order valence-corrected chi connectivity index (χ4v) is 1.74. The van der Waals surface area contributed by atoms with Crippen LogP contribution in [0.15, 0.2) is 18.2 Å². The number of nitrogens with one attached hydrogen (secondary N) is 1. The van der Waals surface area contributed by atoms with Crippen LogP contribution in [0.25, 0.3) is 0 Å². The molecule has 0 saturated carbocycles. The lowest BCUT2D eigenvalue weighted by Gasteiger charge is -2.18.